The van der Waals surface area contributed by atoms with Gasteiger partial charge in [-0.2, -0.15) is 0 Å². The Labute approximate surface area is 249 Å². The number of nitrogens with zero attached hydrogens (tertiary/aromatic N) is 2. The molecular formula is C36H22Br2N2. The lowest BCUT2D eigenvalue weighted by Crippen LogP contribution is -1.92. The summed E-state index contributed by atoms with van der Waals surface area (Å²) in [5, 5.41) is 2.25. The lowest BCUT2D eigenvalue weighted by molar-refractivity contribution is 1.38. The lowest BCUT2D eigenvalue weighted by Gasteiger charge is -2.13. The molecule has 0 bridgehead atoms. The van der Waals surface area contributed by atoms with Crippen LogP contribution in [0.25, 0.3) is 66.6 Å². The zero-order valence-electron chi connectivity index (χ0n) is 21.4. The largest absolute Gasteiger partial charge is 0.248 e. The van der Waals surface area contributed by atoms with E-state index in [4.69, 9.17) is 9.97 Å². The summed E-state index contributed by atoms with van der Waals surface area (Å²) >= 11 is 7.27. The number of hydrogen-bond donors (Lipinski definition) is 0. The van der Waals surface area contributed by atoms with Crippen LogP contribution in [0.15, 0.2) is 142 Å². The fourth-order valence-corrected chi connectivity index (χ4v) is 5.94. The molecule has 2 aromatic heterocycles. The molecule has 0 saturated carbocycles. The number of rotatable bonds is 4. The Hall–Kier alpha value is -4.12. The van der Waals surface area contributed by atoms with Gasteiger partial charge in [0, 0.05) is 30.8 Å². The quantitative estimate of drug-likeness (QED) is 0.191. The number of halogens is 2. The highest BCUT2D eigenvalue weighted by Crippen LogP contribution is 2.36. The first kappa shape index (κ1) is 24.9. The van der Waals surface area contributed by atoms with Crippen LogP contribution in [0.4, 0.5) is 0 Å². The molecule has 0 aliphatic carbocycles. The van der Waals surface area contributed by atoms with Crippen molar-refractivity contribution in [2.75, 3.05) is 0 Å². The predicted octanol–water partition coefficient (Wildman–Crippen LogP) is 11.0. The minimum Gasteiger partial charge on any atom is -0.248 e. The summed E-state index contributed by atoms with van der Waals surface area (Å²) in [6.07, 6.45) is 0. The van der Waals surface area contributed by atoms with Crippen LogP contribution in [0.3, 0.4) is 0 Å². The molecular weight excluding hydrogens is 620 g/mol. The molecule has 0 amide bonds. The van der Waals surface area contributed by atoms with Crippen LogP contribution in [0.2, 0.25) is 0 Å². The second-order valence-electron chi connectivity index (χ2n) is 9.74. The van der Waals surface area contributed by atoms with E-state index < -0.39 is 0 Å². The molecule has 0 aliphatic heterocycles. The van der Waals surface area contributed by atoms with Gasteiger partial charge in [0.05, 0.1) is 22.4 Å². The highest BCUT2D eigenvalue weighted by atomic mass is 79.9. The van der Waals surface area contributed by atoms with E-state index in [0.29, 0.717) is 0 Å². The van der Waals surface area contributed by atoms with Crippen LogP contribution in [0.5, 0.6) is 0 Å². The standard InChI is InChI=1S/C36H22Br2N2/c37-27-15-17-33-31(19-27)29(23-7-3-1-4-8-23)21-35(39-33)25-11-13-26(14-12-25)36-22-30(24-9-5-2-6-10-24)32-20-28(38)16-18-34(32)40-36/h1-22H. The van der Waals surface area contributed by atoms with Crippen LogP contribution >= 0.6 is 31.9 Å². The van der Waals surface area contributed by atoms with E-state index in [1.165, 1.54) is 22.3 Å². The molecule has 190 valence electrons. The van der Waals surface area contributed by atoms with Crippen LogP contribution in [-0.2, 0) is 0 Å². The normalized spacial score (nSPS) is 11.2. The molecule has 7 rings (SSSR count). The van der Waals surface area contributed by atoms with Crippen molar-refractivity contribution < 1.29 is 0 Å². The fraction of sp³-hybridized carbons (Fsp3) is 0. The van der Waals surface area contributed by atoms with Gasteiger partial charge in [0.1, 0.15) is 0 Å². The number of aromatic nitrogens is 2. The van der Waals surface area contributed by atoms with Crippen molar-refractivity contribution in [2.24, 2.45) is 0 Å². The van der Waals surface area contributed by atoms with E-state index >= 15 is 0 Å². The van der Waals surface area contributed by atoms with Crippen molar-refractivity contribution in [1.29, 1.82) is 0 Å². The van der Waals surface area contributed by atoms with Crippen LogP contribution in [-0.4, -0.2) is 9.97 Å². The first-order valence-corrected chi connectivity index (χ1v) is 14.6. The molecule has 0 N–H and O–H groups in total. The Morgan fingerprint density at radius 2 is 0.775 bits per heavy atom. The van der Waals surface area contributed by atoms with Crippen molar-refractivity contribution in [1.82, 2.24) is 9.97 Å². The van der Waals surface area contributed by atoms with E-state index in [2.05, 4.69) is 141 Å². The van der Waals surface area contributed by atoms with Crippen molar-refractivity contribution in [3.05, 3.63) is 142 Å². The van der Waals surface area contributed by atoms with Gasteiger partial charge in [-0.15, -0.1) is 0 Å². The zero-order valence-corrected chi connectivity index (χ0v) is 24.5. The third kappa shape index (κ3) is 4.74. The van der Waals surface area contributed by atoms with Crippen LogP contribution in [0.1, 0.15) is 0 Å². The van der Waals surface area contributed by atoms with E-state index in [0.717, 1.165) is 53.3 Å². The Balaban J connectivity index is 1.34. The molecule has 0 unspecified atom stereocenters. The molecule has 5 aromatic carbocycles. The maximum Gasteiger partial charge on any atom is 0.0716 e. The summed E-state index contributed by atoms with van der Waals surface area (Å²) in [7, 11) is 0. The summed E-state index contributed by atoms with van der Waals surface area (Å²) in [5.74, 6) is 0. The molecule has 0 aliphatic rings. The fourth-order valence-electron chi connectivity index (χ4n) is 5.22. The van der Waals surface area contributed by atoms with Gasteiger partial charge in [-0.3, -0.25) is 0 Å². The molecule has 40 heavy (non-hydrogen) atoms. The second kappa shape index (κ2) is 10.5. The SMILES string of the molecule is Brc1ccc2nc(-c3ccc(-c4cc(-c5ccccc5)c5cc(Br)ccc5n4)cc3)cc(-c3ccccc3)c2c1. The maximum absolute atomic E-state index is 5.04. The molecule has 0 atom stereocenters. The maximum atomic E-state index is 5.04. The number of benzene rings is 5. The highest BCUT2D eigenvalue weighted by molar-refractivity contribution is 9.10. The molecule has 7 aromatic rings. The Bertz CT molecular complexity index is 1850. The van der Waals surface area contributed by atoms with Crippen molar-refractivity contribution in [3.8, 4) is 44.8 Å². The third-order valence-corrected chi connectivity index (χ3v) is 8.17. The zero-order chi connectivity index (χ0) is 27.1. The average Bonchev–Trinajstić information content (AvgIpc) is 3.01. The summed E-state index contributed by atoms with van der Waals surface area (Å²) in [6, 6.07) is 46.5. The molecule has 0 radical (unpaired) electrons. The van der Waals surface area contributed by atoms with Gasteiger partial charge in [-0.25, -0.2) is 9.97 Å². The lowest BCUT2D eigenvalue weighted by atomic mass is 9.96. The summed E-state index contributed by atoms with van der Waals surface area (Å²) in [6.45, 7) is 0. The van der Waals surface area contributed by atoms with Gasteiger partial charge in [0.25, 0.3) is 0 Å². The average molecular weight is 642 g/mol. The van der Waals surface area contributed by atoms with Gasteiger partial charge in [-0.05, 0) is 70.8 Å². The number of pyridine rings is 2. The third-order valence-electron chi connectivity index (χ3n) is 7.19. The first-order valence-electron chi connectivity index (χ1n) is 13.0. The monoisotopic (exact) mass is 640 g/mol. The van der Waals surface area contributed by atoms with Gasteiger partial charge in [-0.1, -0.05) is 117 Å². The molecule has 2 heterocycles. The van der Waals surface area contributed by atoms with Gasteiger partial charge in [0.2, 0.25) is 0 Å². The minimum absolute atomic E-state index is 0.946. The predicted molar refractivity (Wildman–Crippen MR) is 174 cm³/mol. The Kier molecular flexibility index (Phi) is 6.51. The van der Waals surface area contributed by atoms with Gasteiger partial charge in [0.15, 0.2) is 0 Å². The van der Waals surface area contributed by atoms with E-state index in [9.17, 15) is 0 Å². The molecule has 0 fully saturated rings. The summed E-state index contributed by atoms with van der Waals surface area (Å²) in [4.78, 5) is 10.1. The van der Waals surface area contributed by atoms with Crippen molar-refractivity contribution in [3.63, 3.8) is 0 Å². The summed E-state index contributed by atoms with van der Waals surface area (Å²) < 4.78 is 2.09. The molecule has 4 heteroatoms. The minimum atomic E-state index is 0.946. The highest BCUT2D eigenvalue weighted by Gasteiger charge is 2.13. The van der Waals surface area contributed by atoms with Crippen molar-refractivity contribution >= 4 is 53.7 Å². The Morgan fingerprint density at radius 1 is 0.375 bits per heavy atom. The van der Waals surface area contributed by atoms with E-state index in [1.54, 1.807) is 0 Å². The molecule has 2 nitrogen and oxygen atoms in total. The number of fused-ring (bicyclic) bond motifs is 2. The smallest absolute Gasteiger partial charge is 0.0716 e. The Morgan fingerprint density at radius 3 is 1.18 bits per heavy atom. The van der Waals surface area contributed by atoms with Gasteiger partial charge >= 0.3 is 0 Å². The van der Waals surface area contributed by atoms with Crippen molar-refractivity contribution in [2.45, 2.75) is 0 Å². The van der Waals surface area contributed by atoms with E-state index in [1.807, 2.05) is 24.3 Å². The van der Waals surface area contributed by atoms with Gasteiger partial charge < -0.3 is 0 Å². The topological polar surface area (TPSA) is 25.8 Å². The first-order chi connectivity index (χ1) is 19.6. The van der Waals surface area contributed by atoms with Crippen LogP contribution in [0, 0.1) is 0 Å². The molecule has 0 spiro atoms. The van der Waals surface area contributed by atoms with E-state index in [-0.39, 0.29) is 0 Å². The molecule has 0 saturated heterocycles. The second-order valence-corrected chi connectivity index (χ2v) is 11.6. The number of hydrogen-bond acceptors (Lipinski definition) is 2. The summed E-state index contributed by atoms with van der Waals surface area (Å²) in [5.41, 5.74) is 10.6. The van der Waals surface area contributed by atoms with Crippen LogP contribution < -0.4 is 0 Å².